The minimum atomic E-state index is 1.28. The zero-order valence-electron chi connectivity index (χ0n) is 3.62. The van der Waals surface area contributed by atoms with Crippen LogP contribution in [0.5, 0.6) is 0 Å². The van der Waals surface area contributed by atoms with Crippen LogP contribution < -0.4 is 0 Å². The van der Waals surface area contributed by atoms with Gasteiger partial charge in [-0.3, -0.25) is 0 Å². The second-order valence-electron chi connectivity index (χ2n) is 0.953. The van der Waals surface area contributed by atoms with E-state index in [1.165, 1.54) is 11.5 Å². The van der Waals surface area contributed by atoms with Crippen LogP contribution in [0.15, 0.2) is 0 Å². The Morgan fingerprint density at radius 2 is 2.29 bits per heavy atom. The van der Waals surface area contributed by atoms with Crippen molar-refractivity contribution < 1.29 is 0 Å². The van der Waals surface area contributed by atoms with E-state index in [4.69, 9.17) is 0 Å². The zero-order chi connectivity index (χ0) is 4.95. The first-order valence-electron chi connectivity index (χ1n) is 1.88. The van der Waals surface area contributed by atoms with Gasteiger partial charge in [-0.2, -0.15) is 0 Å². The highest BCUT2D eigenvalue weighted by molar-refractivity contribution is 9.10. The number of hydrogen-bond acceptors (Lipinski definition) is 4. The number of hydrogen-bond donors (Lipinski definition) is 0. The smallest absolute Gasteiger partial charge is 0.0833 e. The van der Waals surface area contributed by atoms with Crippen molar-refractivity contribution in [2.45, 2.75) is 0 Å². The van der Waals surface area contributed by atoms with Gasteiger partial charge in [0.25, 0.3) is 0 Å². The van der Waals surface area contributed by atoms with Crippen LogP contribution in [0, 0.1) is 5.08 Å². The normalized spacial score (nSPS) is 24.0. The lowest BCUT2D eigenvalue weighted by Crippen LogP contribution is -1.73. The van der Waals surface area contributed by atoms with Crippen molar-refractivity contribution in [3.63, 3.8) is 0 Å². The van der Waals surface area contributed by atoms with Crippen molar-refractivity contribution in [1.82, 2.24) is 0 Å². The summed E-state index contributed by atoms with van der Waals surface area (Å²) < 4.78 is 0. The molecule has 1 saturated heterocycles. The molecule has 0 bridgehead atoms. The summed E-state index contributed by atoms with van der Waals surface area (Å²) in [6.45, 7) is 0. The third-order valence-electron chi connectivity index (χ3n) is 0.479. The van der Waals surface area contributed by atoms with Gasteiger partial charge in [-0.1, -0.05) is 21.6 Å². The summed E-state index contributed by atoms with van der Waals surface area (Å²) in [5, 5.41) is 2.20. The Morgan fingerprint density at radius 1 is 1.29 bits per heavy atom. The number of thioether (sulfide) groups is 1. The van der Waals surface area contributed by atoms with E-state index in [1.54, 1.807) is 0 Å². The molecule has 0 atom stereocenters. The molecular formula is C3H5S4. The molecule has 0 spiro atoms. The third-order valence-corrected chi connectivity index (χ3v) is 5.89. The van der Waals surface area contributed by atoms with Crippen LogP contribution in [0.3, 0.4) is 0 Å². The van der Waals surface area contributed by atoms with Crippen molar-refractivity contribution in [3.05, 3.63) is 5.08 Å². The minimum Gasteiger partial charge on any atom is -0.144 e. The Morgan fingerprint density at radius 3 is 3.29 bits per heavy atom. The van der Waals surface area contributed by atoms with Crippen LogP contribution in [0.1, 0.15) is 0 Å². The van der Waals surface area contributed by atoms with Gasteiger partial charge in [0, 0.05) is 11.5 Å². The molecule has 0 aromatic rings. The molecule has 1 fully saturated rings. The predicted octanol–water partition coefficient (Wildman–Crippen LogP) is 2.88. The Kier molecular flexibility index (Phi) is 4.00. The lowest BCUT2D eigenvalue weighted by atomic mass is 11.0. The molecule has 0 aromatic heterocycles. The molecule has 0 nitrogen and oxygen atoms in total. The molecule has 41 valence electrons. The van der Waals surface area contributed by atoms with Gasteiger partial charge in [-0.05, 0) is 9.83 Å². The van der Waals surface area contributed by atoms with Crippen LogP contribution in [-0.4, -0.2) is 11.5 Å². The first-order valence-corrected chi connectivity index (χ1v) is 6.65. The lowest BCUT2D eigenvalue weighted by Gasteiger charge is -1.84. The Labute approximate surface area is 59.8 Å². The topological polar surface area (TPSA) is 0 Å². The molecule has 0 unspecified atom stereocenters. The maximum Gasteiger partial charge on any atom is 0.0833 e. The second kappa shape index (κ2) is 4.30. The van der Waals surface area contributed by atoms with E-state index in [-0.39, 0.29) is 0 Å². The van der Waals surface area contributed by atoms with Gasteiger partial charge in [0.15, 0.2) is 0 Å². The molecule has 1 heterocycles. The summed E-state index contributed by atoms with van der Waals surface area (Å²) in [4.78, 5) is 0. The molecule has 1 aliphatic heterocycles. The lowest BCUT2D eigenvalue weighted by molar-refractivity contribution is 1.57. The monoisotopic (exact) mass is 169 g/mol. The predicted molar refractivity (Wildman–Crippen MR) is 44.4 cm³/mol. The van der Waals surface area contributed by atoms with Crippen LogP contribution in [-0.2, 0) is 0 Å². The second-order valence-corrected chi connectivity index (χ2v) is 6.35. The first-order chi connectivity index (χ1) is 3.50. The summed E-state index contributed by atoms with van der Waals surface area (Å²) in [5.74, 6) is 2.57. The molecule has 0 N–H and O–H groups in total. The molecule has 0 aliphatic carbocycles. The van der Waals surface area contributed by atoms with Gasteiger partial charge in [-0.25, -0.2) is 0 Å². The van der Waals surface area contributed by atoms with E-state index in [1.807, 2.05) is 43.2 Å². The van der Waals surface area contributed by atoms with Crippen LogP contribution in [0.4, 0.5) is 0 Å². The molecule has 7 heavy (non-hydrogen) atoms. The van der Waals surface area contributed by atoms with Gasteiger partial charge in [0.1, 0.15) is 0 Å². The van der Waals surface area contributed by atoms with Crippen molar-refractivity contribution in [1.29, 1.82) is 0 Å². The van der Waals surface area contributed by atoms with Crippen molar-refractivity contribution in [3.8, 4) is 0 Å². The standard InChI is InChI=1S/C3H5S4/c1-2-5-7-6-3-4-1/h3H,1-2H2. The molecular weight excluding hydrogens is 164 g/mol. The van der Waals surface area contributed by atoms with Crippen molar-refractivity contribution in [2.75, 3.05) is 11.5 Å². The van der Waals surface area contributed by atoms with Gasteiger partial charge in [-0.15, -0.1) is 11.8 Å². The summed E-state index contributed by atoms with van der Waals surface area (Å²) in [7, 11) is 5.65. The summed E-state index contributed by atoms with van der Waals surface area (Å²) >= 11 is 1.91. The fourth-order valence-electron chi connectivity index (χ4n) is 0.236. The molecule has 1 aliphatic rings. The van der Waals surface area contributed by atoms with Crippen molar-refractivity contribution >= 4 is 43.2 Å². The van der Waals surface area contributed by atoms with Gasteiger partial charge in [0.2, 0.25) is 0 Å². The fraction of sp³-hybridized carbons (Fsp3) is 0.667. The molecule has 1 rings (SSSR count). The van der Waals surface area contributed by atoms with E-state index in [0.717, 1.165) is 0 Å². The van der Waals surface area contributed by atoms with E-state index in [2.05, 4.69) is 5.08 Å². The molecule has 4 heteroatoms. The molecule has 0 aromatic carbocycles. The van der Waals surface area contributed by atoms with Gasteiger partial charge in [0.05, 0.1) is 5.08 Å². The van der Waals surface area contributed by atoms with Crippen molar-refractivity contribution in [2.24, 2.45) is 0 Å². The fourth-order valence-corrected chi connectivity index (χ4v) is 5.50. The molecule has 0 saturated carbocycles. The van der Waals surface area contributed by atoms with E-state index in [9.17, 15) is 0 Å². The average Bonchev–Trinajstić information content (AvgIpc) is 1.90. The Hall–Kier alpha value is 1.40. The SMILES string of the molecule is [CH]1SCCSSS1. The minimum absolute atomic E-state index is 1.28. The average molecular weight is 169 g/mol. The van der Waals surface area contributed by atoms with Gasteiger partial charge >= 0.3 is 0 Å². The van der Waals surface area contributed by atoms with Crippen LogP contribution >= 0.6 is 43.2 Å². The third kappa shape index (κ3) is 3.06. The summed E-state index contributed by atoms with van der Waals surface area (Å²) in [6, 6.07) is 0. The number of rotatable bonds is 0. The van der Waals surface area contributed by atoms with Crippen LogP contribution in [0.25, 0.3) is 0 Å². The largest absolute Gasteiger partial charge is 0.144 e. The van der Waals surface area contributed by atoms with Crippen LogP contribution in [0.2, 0.25) is 0 Å². The quantitative estimate of drug-likeness (QED) is 0.511. The van der Waals surface area contributed by atoms with E-state index < -0.39 is 0 Å². The Bertz CT molecular complexity index is 26.5. The molecule has 0 amide bonds. The maximum atomic E-state index is 2.20. The maximum absolute atomic E-state index is 2.20. The highest BCUT2D eigenvalue weighted by Crippen LogP contribution is 2.42. The zero-order valence-corrected chi connectivity index (χ0v) is 6.89. The van der Waals surface area contributed by atoms with E-state index in [0.29, 0.717) is 0 Å². The summed E-state index contributed by atoms with van der Waals surface area (Å²) in [5.41, 5.74) is 0. The van der Waals surface area contributed by atoms with Gasteiger partial charge < -0.3 is 0 Å². The highest BCUT2D eigenvalue weighted by Gasteiger charge is 1.97. The first kappa shape index (κ1) is 6.52. The van der Waals surface area contributed by atoms with E-state index >= 15 is 0 Å². The Balaban J connectivity index is 2.04. The summed E-state index contributed by atoms with van der Waals surface area (Å²) in [6.07, 6.45) is 0. The molecule has 1 radical (unpaired) electrons. The highest BCUT2D eigenvalue weighted by atomic mass is 33.5.